The Bertz CT molecular complexity index is 1390. The molecule has 2 aliphatic rings. The third-order valence-electron chi connectivity index (χ3n) is 7.74. The topological polar surface area (TPSA) is 112 Å². The fourth-order valence-electron chi connectivity index (χ4n) is 5.35. The summed E-state index contributed by atoms with van der Waals surface area (Å²) in [6.07, 6.45) is 3.26. The molecule has 0 radical (unpaired) electrons. The standard InChI is InChI=1S/C30H36F2N6O5/c1-4-5-10-42-30(39)38(22-12-20(31)13-22)21-8-9-37(17-21)28-7-6-26(34-35-28)24-14-25(32)23(15-27(24)43-18-40-2)19-11-29(41-3)36-33-16-19/h6-7,11,14-16,20-22H,4-5,8-10,12-13,17-18H2,1-3H3. The number of benzene rings is 1. The Labute approximate surface area is 249 Å². The Morgan fingerprint density at radius 3 is 2.63 bits per heavy atom. The lowest BCUT2D eigenvalue weighted by Gasteiger charge is -2.42. The van der Waals surface area contributed by atoms with Crippen molar-refractivity contribution >= 4 is 11.9 Å². The van der Waals surface area contributed by atoms with Crippen molar-refractivity contribution in [2.24, 2.45) is 0 Å². The van der Waals surface area contributed by atoms with Crippen LogP contribution in [0.25, 0.3) is 22.4 Å². The highest BCUT2D eigenvalue weighted by Crippen LogP contribution is 2.37. The molecule has 43 heavy (non-hydrogen) atoms. The molecule has 2 fully saturated rings. The summed E-state index contributed by atoms with van der Waals surface area (Å²) in [6.45, 7) is 3.51. The number of hydrogen-bond donors (Lipinski definition) is 0. The maximum atomic E-state index is 15.4. The quantitative estimate of drug-likeness (QED) is 0.207. The summed E-state index contributed by atoms with van der Waals surface area (Å²) in [7, 11) is 2.95. The van der Waals surface area contributed by atoms with Crippen LogP contribution < -0.4 is 14.4 Å². The number of alkyl halides is 1. The molecule has 3 heterocycles. The van der Waals surface area contributed by atoms with Gasteiger partial charge in [0.1, 0.15) is 17.7 Å². The first kappa shape index (κ1) is 30.3. The van der Waals surface area contributed by atoms with E-state index in [1.165, 1.54) is 26.5 Å². The molecule has 1 saturated carbocycles. The molecule has 1 saturated heterocycles. The molecule has 0 N–H and O–H groups in total. The van der Waals surface area contributed by atoms with Crippen LogP contribution in [0.3, 0.4) is 0 Å². The average molecular weight is 599 g/mol. The molecule has 1 aliphatic carbocycles. The maximum absolute atomic E-state index is 15.4. The number of unbranched alkanes of at least 4 members (excludes halogenated alkanes) is 1. The van der Waals surface area contributed by atoms with E-state index in [1.807, 2.05) is 11.8 Å². The highest BCUT2D eigenvalue weighted by atomic mass is 19.1. The lowest BCUT2D eigenvalue weighted by Crippen LogP contribution is -2.54. The summed E-state index contributed by atoms with van der Waals surface area (Å²) in [6, 6.07) is 7.74. The Morgan fingerprint density at radius 2 is 1.93 bits per heavy atom. The van der Waals surface area contributed by atoms with Crippen LogP contribution in [-0.2, 0) is 9.47 Å². The number of aromatic nitrogens is 4. The molecular formula is C30H36F2N6O5. The number of carbonyl (C=O) groups excluding carboxylic acids is 1. The van der Waals surface area contributed by atoms with Crippen LogP contribution in [-0.4, -0.2) is 90.4 Å². The second kappa shape index (κ2) is 13.9. The fourth-order valence-corrected chi connectivity index (χ4v) is 5.35. The molecule has 13 heteroatoms. The molecule has 230 valence electrons. The predicted molar refractivity (Wildman–Crippen MR) is 154 cm³/mol. The zero-order valence-electron chi connectivity index (χ0n) is 24.5. The summed E-state index contributed by atoms with van der Waals surface area (Å²) in [5, 5.41) is 16.5. The first-order chi connectivity index (χ1) is 20.9. The molecule has 2 aromatic heterocycles. The van der Waals surface area contributed by atoms with E-state index in [-0.39, 0.29) is 36.4 Å². The number of amides is 1. The van der Waals surface area contributed by atoms with Crippen molar-refractivity contribution < 1.29 is 32.5 Å². The van der Waals surface area contributed by atoms with Gasteiger partial charge >= 0.3 is 6.09 Å². The minimum atomic E-state index is -0.882. The molecule has 1 atom stereocenters. The first-order valence-electron chi connectivity index (χ1n) is 14.4. The lowest BCUT2D eigenvalue weighted by atomic mass is 9.88. The number of hydrogen-bond acceptors (Lipinski definition) is 10. The predicted octanol–water partition coefficient (Wildman–Crippen LogP) is 5.05. The third-order valence-corrected chi connectivity index (χ3v) is 7.74. The minimum absolute atomic E-state index is 0.0573. The van der Waals surface area contributed by atoms with Crippen molar-refractivity contribution in [3.05, 3.63) is 42.3 Å². The van der Waals surface area contributed by atoms with Crippen LogP contribution in [0.5, 0.6) is 11.6 Å². The van der Waals surface area contributed by atoms with Crippen LogP contribution in [0.4, 0.5) is 19.4 Å². The van der Waals surface area contributed by atoms with Gasteiger partial charge < -0.3 is 28.7 Å². The normalized spacial score (nSPS) is 19.6. The van der Waals surface area contributed by atoms with Crippen LogP contribution in [0.15, 0.2) is 36.5 Å². The van der Waals surface area contributed by atoms with Gasteiger partial charge in [0, 0.05) is 49.0 Å². The van der Waals surface area contributed by atoms with Gasteiger partial charge in [-0.05, 0) is 49.9 Å². The highest BCUT2D eigenvalue weighted by Gasteiger charge is 2.42. The molecule has 5 rings (SSSR count). The van der Waals surface area contributed by atoms with Gasteiger partial charge in [-0.1, -0.05) is 13.3 Å². The molecular weight excluding hydrogens is 562 g/mol. The molecule has 3 aromatic rings. The van der Waals surface area contributed by atoms with Gasteiger partial charge in [-0.3, -0.25) is 0 Å². The number of carbonyl (C=O) groups is 1. The summed E-state index contributed by atoms with van der Waals surface area (Å²) < 4.78 is 50.6. The zero-order valence-corrected chi connectivity index (χ0v) is 24.5. The van der Waals surface area contributed by atoms with E-state index in [0.29, 0.717) is 67.3 Å². The molecule has 1 unspecified atom stereocenters. The molecule has 1 amide bonds. The monoisotopic (exact) mass is 598 g/mol. The smallest absolute Gasteiger partial charge is 0.410 e. The van der Waals surface area contributed by atoms with Crippen LogP contribution >= 0.6 is 0 Å². The van der Waals surface area contributed by atoms with E-state index in [9.17, 15) is 9.18 Å². The van der Waals surface area contributed by atoms with Crippen molar-refractivity contribution in [2.45, 2.75) is 57.3 Å². The average Bonchev–Trinajstić information content (AvgIpc) is 3.49. The minimum Gasteiger partial charge on any atom is -0.480 e. The van der Waals surface area contributed by atoms with Crippen molar-refractivity contribution in [2.75, 3.05) is 45.6 Å². The fraction of sp³-hybridized carbons (Fsp3) is 0.500. The molecule has 11 nitrogen and oxygen atoms in total. The third kappa shape index (κ3) is 6.93. The van der Waals surface area contributed by atoms with E-state index in [1.54, 1.807) is 29.2 Å². The summed E-state index contributed by atoms with van der Waals surface area (Å²) in [4.78, 5) is 16.7. The number of anilines is 1. The Hall–Kier alpha value is -4.13. The van der Waals surface area contributed by atoms with Gasteiger partial charge in [-0.2, -0.15) is 5.10 Å². The summed E-state index contributed by atoms with van der Waals surface area (Å²) in [5.74, 6) is 0.706. The second-order valence-electron chi connectivity index (χ2n) is 10.6. The van der Waals surface area contributed by atoms with Gasteiger partial charge in [0.05, 0.1) is 31.6 Å². The summed E-state index contributed by atoms with van der Waals surface area (Å²) >= 11 is 0. The van der Waals surface area contributed by atoms with Crippen molar-refractivity contribution in [3.8, 4) is 34.0 Å². The molecule has 0 bridgehead atoms. The Morgan fingerprint density at radius 1 is 1.09 bits per heavy atom. The molecule has 1 aliphatic heterocycles. The SMILES string of the molecule is CCCCOC(=O)N(C1CC(F)C1)C1CCN(c2ccc(-c3cc(F)c(-c4cnnc(OC)c4)cc3OCOC)nn2)C1. The van der Waals surface area contributed by atoms with Crippen molar-refractivity contribution in [1.82, 2.24) is 25.3 Å². The van der Waals surface area contributed by atoms with Crippen molar-refractivity contribution in [1.29, 1.82) is 0 Å². The lowest BCUT2D eigenvalue weighted by molar-refractivity contribution is 0.0182. The highest BCUT2D eigenvalue weighted by molar-refractivity contribution is 5.75. The first-order valence-corrected chi connectivity index (χ1v) is 14.4. The molecule has 1 aromatic carbocycles. The largest absolute Gasteiger partial charge is 0.480 e. The Balaban J connectivity index is 1.34. The van der Waals surface area contributed by atoms with Gasteiger partial charge in [-0.25, -0.2) is 13.6 Å². The van der Waals surface area contributed by atoms with E-state index >= 15 is 4.39 Å². The number of halogens is 2. The van der Waals surface area contributed by atoms with E-state index < -0.39 is 12.0 Å². The van der Waals surface area contributed by atoms with Gasteiger partial charge in [0.2, 0.25) is 5.88 Å². The maximum Gasteiger partial charge on any atom is 0.410 e. The number of ether oxygens (including phenoxy) is 4. The van der Waals surface area contributed by atoms with Crippen LogP contribution in [0.1, 0.15) is 39.0 Å². The zero-order chi connectivity index (χ0) is 30.3. The van der Waals surface area contributed by atoms with Gasteiger partial charge in [0.15, 0.2) is 12.6 Å². The van der Waals surface area contributed by atoms with Crippen LogP contribution in [0, 0.1) is 5.82 Å². The van der Waals surface area contributed by atoms with Crippen molar-refractivity contribution in [3.63, 3.8) is 0 Å². The van der Waals surface area contributed by atoms with Crippen LogP contribution in [0.2, 0.25) is 0 Å². The molecule has 0 spiro atoms. The number of nitrogens with zero attached hydrogens (tertiary/aromatic N) is 6. The number of rotatable bonds is 12. The summed E-state index contributed by atoms with van der Waals surface area (Å²) in [5.41, 5.74) is 1.53. The van der Waals surface area contributed by atoms with E-state index in [4.69, 9.17) is 18.9 Å². The Kier molecular flexibility index (Phi) is 9.80. The van der Waals surface area contributed by atoms with E-state index in [0.717, 1.165) is 12.8 Å². The van der Waals surface area contributed by atoms with Gasteiger partial charge in [-0.15, -0.1) is 15.3 Å². The number of methoxy groups -OCH3 is 2. The van der Waals surface area contributed by atoms with Gasteiger partial charge in [0.25, 0.3) is 0 Å². The second-order valence-corrected chi connectivity index (χ2v) is 10.6. The van der Waals surface area contributed by atoms with E-state index in [2.05, 4.69) is 20.4 Å².